The minimum absolute atomic E-state index is 0.0762. The van der Waals surface area contributed by atoms with E-state index in [1.165, 1.54) is 12.8 Å². The molecule has 0 aromatic carbocycles. The molecule has 103 heavy (non-hydrogen) atoms. The van der Waals surface area contributed by atoms with E-state index in [0.29, 0.717) is 173 Å². The van der Waals surface area contributed by atoms with Crippen LogP contribution in [0.3, 0.4) is 0 Å². The van der Waals surface area contributed by atoms with Crippen LogP contribution >= 0.6 is 25.2 Å². The number of hydroxylamine groups is 2. The number of nitrogens with one attached hydrogen (secondary N) is 4. The number of rotatable bonds is 49. The van der Waals surface area contributed by atoms with Crippen LogP contribution in [0.1, 0.15) is 190 Å². The molecule has 0 aromatic rings. The van der Waals surface area contributed by atoms with Crippen molar-refractivity contribution in [2.45, 2.75) is 220 Å². The summed E-state index contributed by atoms with van der Waals surface area (Å²) in [5, 5.41) is 29.4. The standard InChI is InChI=1S/C27H39N3O8.C24H42N3O5P2.C22H37FN3O4P/c1-20(7-6-10-26(33)38-30-24(31)11-12-25(30)32)28-13-15-35-17-18-36-16-14-29-27(34)37-19-23-21-8-4-2-3-5-9-22(21)23;1-20(2)27(21(3)4)34(31-15-9-13-25)32-19-18-29-17-14-26-33(28)30-16-12-24-22-10-7-5-6-8-11-23(22)24;1-19(2)26(20(3)4)31(29-15-10-13-24)30-18-17-28-16-14-25-21(27)22(23)11-8-6-5-7-9-12-22/h21-23,28H,1,4-19H2,(H,29,34);20-24H,7-12,14-19H2,1-4H3,(H,26,28);19-20H,5-8,10-11,14-18H2,1-4H3,(H,25,27)/q;+1;/t21-,22+,23?;22-,23+,24?,34?;. The van der Waals surface area contributed by atoms with Crippen LogP contribution in [-0.4, -0.2) is 193 Å². The predicted octanol–water partition coefficient (Wildman–Crippen LogP) is 11.5. The Morgan fingerprint density at radius 1 is 0.602 bits per heavy atom. The molecule has 10 atom stereocenters. The lowest BCUT2D eigenvalue weighted by Crippen LogP contribution is -2.44. The van der Waals surface area contributed by atoms with E-state index in [4.69, 9.17) is 61.7 Å². The number of amides is 4. The highest BCUT2D eigenvalue weighted by atomic mass is 31.2. The highest BCUT2D eigenvalue weighted by Gasteiger charge is 2.50. The maximum Gasteiger partial charge on any atom is 0.613 e. The van der Waals surface area contributed by atoms with Crippen LogP contribution in [0.4, 0.5) is 9.18 Å². The number of nitrogens with zero attached hydrogens (tertiary/aromatic N) is 5. The number of fused-ring (bicyclic) bond motifs is 2. The van der Waals surface area contributed by atoms with E-state index in [9.17, 15) is 32.9 Å². The number of allylic oxidation sites excluding steroid dienone is 1. The van der Waals surface area contributed by atoms with E-state index < -0.39 is 60.7 Å². The Bertz CT molecular complexity index is 2770. The van der Waals surface area contributed by atoms with Crippen LogP contribution < -0.4 is 21.0 Å². The van der Waals surface area contributed by atoms with Crippen LogP contribution in [-0.2, 0) is 74.9 Å². The summed E-state index contributed by atoms with van der Waals surface area (Å²) >= 11 is 0. The van der Waals surface area contributed by atoms with Gasteiger partial charge >= 0.3 is 20.2 Å². The molecular formula is C73H118FN9O17P3+. The highest BCUT2D eigenvalue weighted by molar-refractivity contribution is 7.44. The van der Waals surface area contributed by atoms with Crippen molar-refractivity contribution in [3.05, 3.63) is 12.3 Å². The molecule has 0 radical (unpaired) electrons. The van der Waals surface area contributed by atoms with Gasteiger partial charge < -0.3 is 62.6 Å². The molecule has 3 fully saturated rings. The number of nitriles is 2. The van der Waals surface area contributed by atoms with Crippen LogP contribution in [0.2, 0.25) is 0 Å². The molecule has 1 saturated heterocycles. The summed E-state index contributed by atoms with van der Waals surface area (Å²) in [6.45, 7) is 27.7. The van der Waals surface area contributed by atoms with Crippen LogP contribution in [0.15, 0.2) is 12.3 Å². The Labute approximate surface area is 616 Å². The Balaban J connectivity index is 0.000000329. The number of carbonyl (C=O) groups excluding carboxylic acids is 5. The van der Waals surface area contributed by atoms with Crippen LogP contribution in [0, 0.1) is 93.7 Å². The molecule has 30 heteroatoms. The van der Waals surface area contributed by atoms with E-state index in [0.717, 1.165) is 75.3 Å². The van der Waals surface area contributed by atoms with Crippen molar-refractivity contribution in [2.24, 2.45) is 35.5 Å². The monoisotopic (exact) mass is 1500 g/mol. The third-order valence-corrected chi connectivity index (χ3v) is 22.6. The molecule has 6 aliphatic rings. The Kier molecular flexibility index (Phi) is 47.1. The molecule has 1 aliphatic heterocycles. The Morgan fingerprint density at radius 2 is 1.07 bits per heavy atom. The number of hydrogen-bond acceptors (Lipinski definition) is 22. The van der Waals surface area contributed by atoms with Gasteiger partial charge in [0.1, 0.15) is 6.61 Å². The summed E-state index contributed by atoms with van der Waals surface area (Å²) in [5.74, 6) is 19.9. The van der Waals surface area contributed by atoms with Crippen molar-refractivity contribution in [1.29, 1.82) is 10.5 Å². The maximum atomic E-state index is 14.8. The van der Waals surface area contributed by atoms with Gasteiger partial charge in [-0.3, -0.25) is 14.4 Å². The molecule has 4 N–H and O–H groups in total. The summed E-state index contributed by atoms with van der Waals surface area (Å²) < 4.78 is 87.6. The van der Waals surface area contributed by atoms with E-state index in [2.05, 4.69) is 140 Å². The molecule has 0 aromatic heterocycles. The second-order valence-electron chi connectivity index (χ2n) is 26.7. The second-order valence-corrected chi connectivity index (χ2v) is 30.7. The van der Waals surface area contributed by atoms with Crippen molar-refractivity contribution in [2.75, 3.05) is 119 Å². The van der Waals surface area contributed by atoms with Crippen LogP contribution in [0.25, 0.3) is 0 Å². The highest BCUT2D eigenvalue weighted by Crippen LogP contribution is 2.55. The number of hydrogen-bond donors (Lipinski definition) is 4. The van der Waals surface area contributed by atoms with Gasteiger partial charge in [0.2, 0.25) is 5.67 Å². The van der Waals surface area contributed by atoms with Gasteiger partial charge in [0.25, 0.3) is 34.8 Å². The van der Waals surface area contributed by atoms with Gasteiger partial charge in [-0.05, 0) is 153 Å². The quantitative estimate of drug-likeness (QED) is 0.0190. The van der Waals surface area contributed by atoms with Crippen molar-refractivity contribution in [1.82, 2.24) is 35.4 Å². The predicted molar refractivity (Wildman–Crippen MR) is 390 cm³/mol. The molecule has 5 aliphatic carbocycles. The molecule has 1 heterocycles. The zero-order chi connectivity index (χ0) is 75.0. The van der Waals surface area contributed by atoms with Gasteiger partial charge in [-0.2, -0.15) is 10.5 Å². The number of alkyl carbamates (subject to hydrolysis) is 1. The number of ether oxygens (including phenoxy) is 5. The van der Waals surface area contributed by atoms with Gasteiger partial charge in [-0.1, -0.05) is 29.9 Å². The first-order chi connectivity index (χ1) is 49.7. The van der Waals surface area contributed by atoms with E-state index in [-0.39, 0.29) is 63.0 Å². The number of carbonyl (C=O) groups is 5. The lowest BCUT2D eigenvalue weighted by Gasteiger charge is -2.35. The average molecular weight is 1510 g/mol. The molecule has 0 bridgehead atoms. The first-order valence-corrected chi connectivity index (χ1v) is 40.5. The normalized spacial score (nSPS) is 21.7. The van der Waals surface area contributed by atoms with Crippen LogP contribution in [0.5, 0.6) is 0 Å². The fourth-order valence-corrected chi connectivity index (χ4v) is 16.2. The van der Waals surface area contributed by atoms with Crippen molar-refractivity contribution < 1.29 is 84.1 Å². The number of alkyl halides is 1. The molecule has 2 saturated carbocycles. The Hall–Kier alpha value is -5.04. The fourth-order valence-electron chi connectivity index (χ4n) is 12.4. The van der Waals surface area contributed by atoms with Gasteiger partial charge in [-0.25, -0.2) is 23.3 Å². The fraction of sp³-hybridized carbons (Fsp3) is 0.795. The average Bonchev–Trinajstić information content (AvgIpc) is 1.64. The van der Waals surface area contributed by atoms with Crippen molar-refractivity contribution in [3.8, 4) is 47.7 Å². The van der Waals surface area contributed by atoms with E-state index >= 15 is 0 Å². The lowest BCUT2D eigenvalue weighted by molar-refractivity contribution is -0.197. The lowest BCUT2D eigenvalue weighted by atomic mass is 9.94. The van der Waals surface area contributed by atoms with Gasteiger partial charge in [0, 0.05) is 107 Å². The molecule has 578 valence electrons. The minimum atomic E-state index is -2.10. The SMILES string of the molecule is C=C(CCCC(=O)ON1C(=O)CCC1=O)NCCOCCOCCNC(=O)OCC1[C@H]2CCC#CCC[C@@H]12.CC(C)N(C(C)C)P(OCCC#N)OCCOCCNC(=O)C1(F)C#CCCCCC1.CC(C)N(C(C)C)P(OCCC#N)OCCOCCN[P+](=O)OCCC1[C@H]2CCC#CCC[C@@H]12. The summed E-state index contributed by atoms with van der Waals surface area (Å²) in [4.78, 5) is 63.5. The summed E-state index contributed by atoms with van der Waals surface area (Å²) in [7, 11) is -4.42. The van der Waals surface area contributed by atoms with Gasteiger partial charge in [0.05, 0.1) is 117 Å². The molecule has 6 rings (SSSR count). The largest absolute Gasteiger partial charge is 0.613 e. The summed E-state index contributed by atoms with van der Waals surface area (Å²) in [5.41, 5.74) is -1.35. The number of halogens is 1. The second kappa shape index (κ2) is 53.7. The smallest absolute Gasteiger partial charge is 0.449 e. The molecule has 4 amide bonds. The first-order valence-electron chi connectivity index (χ1n) is 37.1. The van der Waals surface area contributed by atoms with Gasteiger partial charge in [-0.15, -0.1) is 33.3 Å². The summed E-state index contributed by atoms with van der Waals surface area (Å²) in [6.07, 6.45) is 14.3. The third-order valence-electron chi connectivity index (χ3n) is 17.5. The Morgan fingerprint density at radius 3 is 1.57 bits per heavy atom. The van der Waals surface area contributed by atoms with Crippen molar-refractivity contribution >= 4 is 55.0 Å². The first kappa shape index (κ1) is 90.4. The summed E-state index contributed by atoms with van der Waals surface area (Å²) in [6, 6.07) is 5.16. The molecule has 6 unspecified atom stereocenters. The maximum absolute atomic E-state index is 14.8. The molecule has 26 nitrogen and oxygen atoms in total. The zero-order valence-corrected chi connectivity index (χ0v) is 65.1. The molecule has 0 spiro atoms. The zero-order valence-electron chi connectivity index (χ0n) is 62.5. The number of imide groups is 1. The van der Waals surface area contributed by atoms with E-state index in [1.807, 2.05) is 0 Å². The van der Waals surface area contributed by atoms with Gasteiger partial charge in [0.15, 0.2) is 0 Å². The topological polar surface area (TPSA) is 309 Å². The van der Waals surface area contributed by atoms with E-state index in [1.54, 1.807) is 0 Å². The van der Waals surface area contributed by atoms with Crippen molar-refractivity contribution in [3.63, 3.8) is 0 Å². The molecular weight excluding hydrogens is 1390 g/mol. The minimum Gasteiger partial charge on any atom is -0.449 e. The third kappa shape index (κ3) is 37.9.